The predicted octanol–water partition coefficient (Wildman–Crippen LogP) is 4.39. The molecule has 25 heavy (non-hydrogen) atoms. The van der Waals surface area contributed by atoms with Crippen LogP contribution in [0.5, 0.6) is 0 Å². The van der Waals surface area contributed by atoms with Crippen molar-refractivity contribution < 1.29 is 9.59 Å². The molecule has 0 spiro atoms. The number of hydrogen-bond acceptors (Lipinski definition) is 2. The zero-order chi connectivity index (χ0) is 17.8. The molecule has 2 aromatic carbocycles. The third-order valence-corrected chi connectivity index (χ3v) is 5.10. The van der Waals surface area contributed by atoms with Crippen molar-refractivity contribution in [2.24, 2.45) is 5.92 Å². The molecule has 5 heteroatoms. The number of carbonyl (C=O) groups excluding carboxylic acids is 2. The first-order valence-corrected chi connectivity index (χ1v) is 9.35. The van der Waals surface area contributed by atoms with Gasteiger partial charge in [0.2, 0.25) is 11.8 Å². The molecule has 0 bridgehead atoms. The smallest absolute Gasteiger partial charge is 0.239 e. The average Bonchev–Trinajstić information content (AvgIpc) is 2.99. The van der Waals surface area contributed by atoms with Crippen molar-refractivity contribution in [3.63, 3.8) is 0 Å². The van der Waals surface area contributed by atoms with Gasteiger partial charge in [0.05, 0.1) is 5.69 Å². The van der Waals surface area contributed by atoms with Gasteiger partial charge in [0.1, 0.15) is 5.92 Å². The molecule has 3 rings (SSSR count). The maximum atomic E-state index is 12.7. The van der Waals surface area contributed by atoms with Crippen molar-refractivity contribution in [1.82, 2.24) is 0 Å². The van der Waals surface area contributed by atoms with Gasteiger partial charge in [-0.05, 0) is 58.6 Å². The summed E-state index contributed by atoms with van der Waals surface area (Å²) in [4.78, 5) is 26.9. The number of nitrogens with one attached hydrogen (secondary N) is 1. The largest absolute Gasteiger partial charge is 0.325 e. The summed E-state index contributed by atoms with van der Waals surface area (Å²) in [6.45, 7) is 2.69. The molecule has 1 fully saturated rings. The molecule has 1 N–H and O–H groups in total. The highest BCUT2D eigenvalue weighted by molar-refractivity contribution is 9.10. The maximum absolute atomic E-state index is 12.7. The van der Waals surface area contributed by atoms with Crippen LogP contribution in [0.25, 0.3) is 0 Å². The molecular formula is C20H21BrN2O2. The Bertz CT molecular complexity index is 774. The van der Waals surface area contributed by atoms with Crippen molar-refractivity contribution >= 4 is 39.1 Å². The molecule has 2 amide bonds. The molecule has 1 aliphatic heterocycles. The fourth-order valence-corrected chi connectivity index (χ4v) is 3.60. The number of anilines is 2. The minimum atomic E-state index is -0.637. The third-order valence-electron chi connectivity index (χ3n) is 4.43. The van der Waals surface area contributed by atoms with Gasteiger partial charge in [0.15, 0.2) is 0 Å². The molecule has 2 aromatic rings. The van der Waals surface area contributed by atoms with Crippen molar-refractivity contribution in [2.45, 2.75) is 26.2 Å². The summed E-state index contributed by atoms with van der Waals surface area (Å²) < 4.78 is 0.857. The highest BCUT2D eigenvalue weighted by Gasteiger charge is 2.38. The molecule has 1 heterocycles. The Hall–Kier alpha value is -2.14. The van der Waals surface area contributed by atoms with E-state index in [1.807, 2.05) is 48.5 Å². The molecule has 4 nitrogen and oxygen atoms in total. The number of amides is 2. The summed E-state index contributed by atoms with van der Waals surface area (Å²) in [6, 6.07) is 15.4. The van der Waals surface area contributed by atoms with E-state index in [0.29, 0.717) is 13.0 Å². The Morgan fingerprint density at radius 2 is 1.92 bits per heavy atom. The number of para-hydroxylation sites is 1. The molecule has 0 radical (unpaired) electrons. The lowest BCUT2D eigenvalue weighted by molar-refractivity contribution is -0.129. The van der Waals surface area contributed by atoms with E-state index < -0.39 is 5.92 Å². The van der Waals surface area contributed by atoms with Gasteiger partial charge in [-0.1, -0.05) is 37.6 Å². The Kier molecular flexibility index (Phi) is 5.53. The quantitative estimate of drug-likeness (QED) is 0.756. The first-order valence-electron chi connectivity index (χ1n) is 8.56. The minimum Gasteiger partial charge on any atom is -0.325 e. The molecule has 1 unspecified atom stereocenters. The Labute approximate surface area is 156 Å². The first-order chi connectivity index (χ1) is 12.1. The predicted molar refractivity (Wildman–Crippen MR) is 104 cm³/mol. The molecule has 0 saturated carbocycles. The van der Waals surface area contributed by atoms with Gasteiger partial charge >= 0.3 is 0 Å². The van der Waals surface area contributed by atoms with E-state index in [1.54, 1.807) is 4.90 Å². The van der Waals surface area contributed by atoms with Crippen LogP contribution in [-0.2, 0) is 16.0 Å². The second-order valence-electron chi connectivity index (χ2n) is 6.22. The standard InChI is InChI=1S/C20H21BrN2O2/c1-2-5-14-8-10-15(11-9-14)22-19(24)16-12-13-23(20(16)25)18-7-4-3-6-17(18)21/h3-4,6-11,16H,2,5,12-13H2,1H3,(H,22,24). The molecule has 130 valence electrons. The van der Waals surface area contributed by atoms with Crippen LogP contribution in [0.2, 0.25) is 0 Å². The summed E-state index contributed by atoms with van der Waals surface area (Å²) in [6.07, 6.45) is 2.64. The number of nitrogens with zero attached hydrogens (tertiary/aromatic N) is 1. The fraction of sp³-hybridized carbons (Fsp3) is 0.300. The van der Waals surface area contributed by atoms with E-state index in [9.17, 15) is 9.59 Å². The highest BCUT2D eigenvalue weighted by atomic mass is 79.9. The highest BCUT2D eigenvalue weighted by Crippen LogP contribution is 2.31. The summed E-state index contributed by atoms with van der Waals surface area (Å²) in [5.74, 6) is -1.02. The lowest BCUT2D eigenvalue weighted by Gasteiger charge is -2.18. The van der Waals surface area contributed by atoms with Gasteiger partial charge in [-0.3, -0.25) is 9.59 Å². The van der Waals surface area contributed by atoms with E-state index in [2.05, 4.69) is 28.2 Å². The van der Waals surface area contributed by atoms with Gasteiger partial charge in [0, 0.05) is 16.7 Å². The van der Waals surface area contributed by atoms with Crippen molar-refractivity contribution in [1.29, 1.82) is 0 Å². The van der Waals surface area contributed by atoms with Gasteiger partial charge in [0.25, 0.3) is 0 Å². The molecule has 1 atom stereocenters. The van der Waals surface area contributed by atoms with Gasteiger partial charge in [-0.15, -0.1) is 0 Å². The second kappa shape index (κ2) is 7.83. The van der Waals surface area contributed by atoms with Crippen LogP contribution in [0, 0.1) is 5.92 Å². The van der Waals surface area contributed by atoms with Crippen LogP contribution in [0.15, 0.2) is 53.0 Å². The molecule has 1 aliphatic rings. The van der Waals surface area contributed by atoms with E-state index in [4.69, 9.17) is 0 Å². The van der Waals surface area contributed by atoms with E-state index in [0.717, 1.165) is 28.7 Å². The summed E-state index contributed by atoms with van der Waals surface area (Å²) in [5.41, 5.74) is 2.79. The summed E-state index contributed by atoms with van der Waals surface area (Å²) in [5, 5.41) is 2.87. The van der Waals surface area contributed by atoms with E-state index in [-0.39, 0.29) is 11.8 Å². The molecular weight excluding hydrogens is 380 g/mol. The number of carbonyl (C=O) groups is 2. The van der Waals surface area contributed by atoms with E-state index >= 15 is 0 Å². The lowest BCUT2D eigenvalue weighted by atomic mass is 10.1. The number of halogens is 1. The summed E-state index contributed by atoms with van der Waals surface area (Å²) >= 11 is 3.47. The maximum Gasteiger partial charge on any atom is 0.239 e. The van der Waals surface area contributed by atoms with Crippen LogP contribution in [0.4, 0.5) is 11.4 Å². The fourth-order valence-electron chi connectivity index (χ4n) is 3.11. The lowest BCUT2D eigenvalue weighted by Crippen LogP contribution is -2.33. The number of benzene rings is 2. The van der Waals surface area contributed by atoms with Crippen LogP contribution in [-0.4, -0.2) is 18.4 Å². The van der Waals surface area contributed by atoms with Crippen LogP contribution in [0.3, 0.4) is 0 Å². The van der Waals surface area contributed by atoms with Gasteiger partial charge in [-0.25, -0.2) is 0 Å². The third kappa shape index (κ3) is 3.93. The number of hydrogen-bond donors (Lipinski definition) is 1. The monoisotopic (exact) mass is 400 g/mol. The topological polar surface area (TPSA) is 49.4 Å². The van der Waals surface area contributed by atoms with Gasteiger partial charge in [-0.2, -0.15) is 0 Å². The first kappa shape index (κ1) is 17.7. The Balaban J connectivity index is 1.67. The van der Waals surface area contributed by atoms with Crippen LogP contribution >= 0.6 is 15.9 Å². The summed E-state index contributed by atoms with van der Waals surface area (Å²) in [7, 11) is 0. The minimum absolute atomic E-state index is 0.146. The SMILES string of the molecule is CCCc1ccc(NC(=O)C2CCN(c3ccccc3Br)C2=O)cc1. The van der Waals surface area contributed by atoms with Crippen molar-refractivity contribution in [2.75, 3.05) is 16.8 Å². The zero-order valence-electron chi connectivity index (χ0n) is 14.2. The van der Waals surface area contributed by atoms with Gasteiger partial charge < -0.3 is 10.2 Å². The van der Waals surface area contributed by atoms with Crippen LogP contribution in [0.1, 0.15) is 25.3 Å². The van der Waals surface area contributed by atoms with Crippen molar-refractivity contribution in [3.8, 4) is 0 Å². The molecule has 0 aliphatic carbocycles. The average molecular weight is 401 g/mol. The Morgan fingerprint density at radius 3 is 2.60 bits per heavy atom. The molecule has 1 saturated heterocycles. The van der Waals surface area contributed by atoms with Crippen LogP contribution < -0.4 is 10.2 Å². The Morgan fingerprint density at radius 1 is 1.20 bits per heavy atom. The van der Waals surface area contributed by atoms with E-state index in [1.165, 1.54) is 5.56 Å². The zero-order valence-corrected chi connectivity index (χ0v) is 15.8. The molecule has 0 aromatic heterocycles. The second-order valence-corrected chi connectivity index (χ2v) is 7.07. The number of rotatable bonds is 5. The van der Waals surface area contributed by atoms with Crippen molar-refractivity contribution in [3.05, 3.63) is 58.6 Å². The number of aryl methyl sites for hydroxylation is 1. The normalized spacial score (nSPS) is 17.0.